The molecule has 1 aromatic carbocycles. The molecule has 1 aromatic rings. The van der Waals surface area contributed by atoms with E-state index in [1.54, 1.807) is 27.2 Å². The Morgan fingerprint density at radius 2 is 2.07 bits per heavy atom. The third-order valence-corrected chi connectivity index (χ3v) is 5.97. The highest BCUT2D eigenvalue weighted by Gasteiger charge is 2.45. The first-order chi connectivity index (χ1) is 12.9. The van der Waals surface area contributed by atoms with Crippen molar-refractivity contribution in [3.63, 3.8) is 0 Å². The molecule has 1 heterocycles. The number of benzene rings is 1. The van der Waals surface area contributed by atoms with Crippen LogP contribution in [0.1, 0.15) is 18.9 Å². The van der Waals surface area contributed by atoms with Crippen molar-refractivity contribution in [3.8, 4) is 0 Å². The van der Waals surface area contributed by atoms with Gasteiger partial charge in [-0.05, 0) is 24.7 Å². The molecule has 0 spiro atoms. The molecule has 2 atom stereocenters. The zero-order valence-corrected chi connectivity index (χ0v) is 16.9. The van der Waals surface area contributed by atoms with Crippen molar-refractivity contribution in [1.82, 2.24) is 4.90 Å². The van der Waals surface area contributed by atoms with Gasteiger partial charge in [0.15, 0.2) is 6.29 Å². The molecule has 1 saturated heterocycles. The van der Waals surface area contributed by atoms with E-state index in [2.05, 4.69) is 6.58 Å². The summed E-state index contributed by atoms with van der Waals surface area (Å²) in [5.74, 6) is 0.310. The molecule has 0 unspecified atom stereocenters. The fraction of sp³-hybridized carbons (Fsp3) is 0.500. The molecule has 2 rings (SSSR count). The molecule has 1 aliphatic heterocycles. The lowest BCUT2D eigenvalue weighted by molar-refractivity contribution is -0.130. The molecule has 27 heavy (non-hydrogen) atoms. The van der Waals surface area contributed by atoms with Crippen molar-refractivity contribution in [2.45, 2.75) is 36.8 Å². The van der Waals surface area contributed by atoms with E-state index in [0.29, 0.717) is 18.6 Å². The second-order valence-electron chi connectivity index (χ2n) is 6.44. The van der Waals surface area contributed by atoms with Crippen LogP contribution in [0.4, 0.5) is 4.79 Å². The van der Waals surface area contributed by atoms with Gasteiger partial charge in [-0.15, -0.1) is 18.3 Å². The first kappa shape index (κ1) is 21.5. The Morgan fingerprint density at radius 3 is 2.67 bits per heavy atom. The van der Waals surface area contributed by atoms with E-state index in [9.17, 15) is 9.59 Å². The molecular formula is C20H27NO5S. The van der Waals surface area contributed by atoms with Crippen molar-refractivity contribution < 1.29 is 23.8 Å². The summed E-state index contributed by atoms with van der Waals surface area (Å²) >= 11 is 1.41. The van der Waals surface area contributed by atoms with Gasteiger partial charge in [0.2, 0.25) is 0 Å². The zero-order chi connectivity index (χ0) is 19.9. The van der Waals surface area contributed by atoms with Gasteiger partial charge in [-0.25, -0.2) is 9.69 Å². The number of thioether (sulfide) groups is 1. The van der Waals surface area contributed by atoms with Crippen molar-refractivity contribution >= 4 is 23.8 Å². The third kappa shape index (κ3) is 5.34. The first-order valence-corrected chi connectivity index (χ1v) is 9.81. The molecule has 0 bridgehead atoms. The number of hydrogen-bond donors (Lipinski definition) is 0. The molecule has 1 aliphatic rings. The number of ether oxygens (including phenoxy) is 3. The standard InChI is InChI=1S/C20H27NO5S/c1-5-20(2,27-12-11-17(24-3)25-4)18(22)21-16(14-26-19(21)23)13-15-9-7-6-8-10-15/h5-10,16-17H,1,11-14H2,2-4H3/t16-,20+/m0/s1. The first-order valence-electron chi connectivity index (χ1n) is 8.82. The van der Waals surface area contributed by atoms with Crippen LogP contribution >= 0.6 is 11.8 Å². The lowest BCUT2D eigenvalue weighted by Crippen LogP contribution is -2.49. The molecular weight excluding hydrogens is 366 g/mol. The van der Waals surface area contributed by atoms with E-state index in [4.69, 9.17) is 14.2 Å². The van der Waals surface area contributed by atoms with Gasteiger partial charge in [0, 0.05) is 20.6 Å². The summed E-state index contributed by atoms with van der Waals surface area (Å²) in [6, 6.07) is 9.43. The topological polar surface area (TPSA) is 65.1 Å². The fourth-order valence-corrected chi connectivity index (χ4v) is 3.97. The highest BCUT2D eigenvalue weighted by molar-refractivity contribution is 8.01. The Balaban J connectivity index is 2.08. The summed E-state index contributed by atoms with van der Waals surface area (Å²) in [7, 11) is 3.15. The number of rotatable bonds is 10. The maximum Gasteiger partial charge on any atom is 0.417 e. The minimum absolute atomic E-state index is 0.201. The van der Waals surface area contributed by atoms with Crippen LogP contribution in [0.2, 0.25) is 0 Å². The molecule has 0 N–H and O–H groups in total. The zero-order valence-electron chi connectivity index (χ0n) is 16.1. The monoisotopic (exact) mass is 393 g/mol. The Bertz CT molecular complexity index is 649. The molecule has 2 amide bonds. The van der Waals surface area contributed by atoms with E-state index < -0.39 is 10.8 Å². The molecule has 0 aromatic heterocycles. The number of imide groups is 1. The SMILES string of the molecule is C=C[C@@](C)(SCCC(OC)OC)C(=O)N1C(=O)OC[C@@H]1Cc1ccccc1. The Labute approximate surface area is 164 Å². The normalized spacial score (nSPS) is 19.0. The molecule has 7 heteroatoms. The number of methoxy groups -OCH3 is 2. The van der Waals surface area contributed by atoms with Gasteiger partial charge in [-0.3, -0.25) is 4.79 Å². The average molecular weight is 394 g/mol. The lowest BCUT2D eigenvalue weighted by Gasteiger charge is -2.30. The van der Waals surface area contributed by atoms with E-state index in [1.807, 2.05) is 30.3 Å². The number of hydrogen-bond acceptors (Lipinski definition) is 6. The highest BCUT2D eigenvalue weighted by atomic mass is 32.2. The Morgan fingerprint density at radius 1 is 1.41 bits per heavy atom. The van der Waals surface area contributed by atoms with Crippen molar-refractivity contribution in [2.75, 3.05) is 26.6 Å². The minimum atomic E-state index is -0.940. The van der Waals surface area contributed by atoms with E-state index >= 15 is 0 Å². The van der Waals surface area contributed by atoms with Gasteiger partial charge in [0.1, 0.15) is 11.4 Å². The van der Waals surface area contributed by atoms with Crippen LogP contribution < -0.4 is 0 Å². The van der Waals surface area contributed by atoms with Crippen molar-refractivity contribution in [1.29, 1.82) is 0 Å². The Kier molecular flexibility index (Phi) is 7.89. The minimum Gasteiger partial charge on any atom is -0.447 e. The van der Waals surface area contributed by atoms with Gasteiger partial charge < -0.3 is 14.2 Å². The van der Waals surface area contributed by atoms with Crippen LogP contribution in [-0.4, -0.2) is 60.6 Å². The van der Waals surface area contributed by atoms with Crippen LogP contribution in [0.5, 0.6) is 0 Å². The summed E-state index contributed by atoms with van der Waals surface area (Å²) < 4.78 is 14.6. The largest absolute Gasteiger partial charge is 0.447 e. The lowest BCUT2D eigenvalue weighted by atomic mass is 10.0. The molecule has 0 aliphatic carbocycles. The fourth-order valence-electron chi connectivity index (χ4n) is 2.89. The maximum absolute atomic E-state index is 13.2. The second kappa shape index (κ2) is 9.92. The Hall–Kier alpha value is -1.83. The summed E-state index contributed by atoms with van der Waals surface area (Å²) in [6.07, 6.45) is 1.84. The molecule has 148 valence electrons. The van der Waals surface area contributed by atoms with Gasteiger partial charge in [0.05, 0.1) is 6.04 Å². The number of nitrogens with zero attached hydrogens (tertiary/aromatic N) is 1. The maximum atomic E-state index is 13.2. The molecule has 1 fully saturated rings. The van der Waals surface area contributed by atoms with E-state index in [1.165, 1.54) is 16.7 Å². The van der Waals surface area contributed by atoms with Crippen LogP contribution in [0, 0.1) is 0 Å². The van der Waals surface area contributed by atoms with Gasteiger partial charge in [-0.1, -0.05) is 36.4 Å². The van der Waals surface area contributed by atoms with Crippen LogP contribution in [0.15, 0.2) is 43.0 Å². The summed E-state index contributed by atoms with van der Waals surface area (Å²) in [5.41, 5.74) is 1.05. The van der Waals surface area contributed by atoms with Crippen molar-refractivity contribution in [3.05, 3.63) is 48.6 Å². The summed E-state index contributed by atoms with van der Waals surface area (Å²) in [6.45, 7) is 5.79. The number of carbonyl (C=O) groups excluding carboxylic acids is 2. The number of carbonyl (C=O) groups is 2. The summed E-state index contributed by atoms with van der Waals surface area (Å²) in [4.78, 5) is 26.7. The quantitative estimate of drug-likeness (QED) is 0.449. The number of cyclic esters (lactones) is 1. The summed E-state index contributed by atoms with van der Waals surface area (Å²) in [5, 5.41) is 0. The smallest absolute Gasteiger partial charge is 0.417 e. The van der Waals surface area contributed by atoms with Crippen molar-refractivity contribution in [2.24, 2.45) is 0 Å². The molecule has 0 radical (unpaired) electrons. The van der Waals surface area contributed by atoms with Crippen LogP contribution in [-0.2, 0) is 25.4 Å². The number of amides is 2. The average Bonchev–Trinajstić information content (AvgIpc) is 3.05. The van der Waals surface area contributed by atoms with Crippen LogP contribution in [0.3, 0.4) is 0 Å². The van der Waals surface area contributed by atoms with Gasteiger partial charge in [-0.2, -0.15) is 0 Å². The molecule has 0 saturated carbocycles. The van der Waals surface area contributed by atoms with Crippen LogP contribution in [0.25, 0.3) is 0 Å². The van der Waals surface area contributed by atoms with E-state index in [0.717, 1.165) is 5.56 Å². The molecule has 6 nitrogen and oxygen atoms in total. The van der Waals surface area contributed by atoms with Gasteiger partial charge in [0.25, 0.3) is 5.91 Å². The van der Waals surface area contributed by atoms with Gasteiger partial charge >= 0.3 is 6.09 Å². The second-order valence-corrected chi connectivity index (χ2v) is 7.99. The third-order valence-electron chi connectivity index (χ3n) is 4.59. The predicted octanol–water partition coefficient (Wildman–Crippen LogP) is 3.26. The predicted molar refractivity (Wildman–Crippen MR) is 106 cm³/mol. The van der Waals surface area contributed by atoms with E-state index in [-0.39, 0.29) is 24.8 Å². The highest BCUT2D eigenvalue weighted by Crippen LogP contribution is 2.32.